The second-order valence-electron chi connectivity index (χ2n) is 6.53. The minimum atomic E-state index is -0.333. The normalized spacial score (nSPS) is 12.1. The van der Waals surface area contributed by atoms with E-state index in [4.69, 9.17) is 4.42 Å². The number of carbonyl (C=O) groups is 1. The number of aromatic nitrogens is 2. The summed E-state index contributed by atoms with van der Waals surface area (Å²) in [5.41, 5.74) is 1.69. The van der Waals surface area contributed by atoms with Gasteiger partial charge in [-0.15, -0.1) is 10.2 Å². The summed E-state index contributed by atoms with van der Waals surface area (Å²) in [4.78, 5) is 12.4. The number of benzene rings is 3. The van der Waals surface area contributed by atoms with Crippen molar-refractivity contribution in [1.29, 1.82) is 0 Å². The van der Waals surface area contributed by atoms with Crippen molar-refractivity contribution < 1.29 is 13.6 Å². The van der Waals surface area contributed by atoms with E-state index >= 15 is 0 Å². The molecule has 0 bridgehead atoms. The molecular formula is C22H18FN3O2S. The van der Waals surface area contributed by atoms with Crippen LogP contribution in [0.3, 0.4) is 0 Å². The third-order valence-corrected chi connectivity index (χ3v) is 5.31. The summed E-state index contributed by atoms with van der Waals surface area (Å²) in [6.45, 7) is 1.96. The number of hydrogen-bond acceptors (Lipinski definition) is 5. The van der Waals surface area contributed by atoms with Crippen LogP contribution in [-0.4, -0.2) is 21.9 Å². The third kappa shape index (κ3) is 4.46. The van der Waals surface area contributed by atoms with E-state index in [9.17, 15) is 9.18 Å². The highest BCUT2D eigenvalue weighted by atomic mass is 32.2. The lowest BCUT2D eigenvalue weighted by Gasteiger charge is -2.16. The summed E-state index contributed by atoms with van der Waals surface area (Å²) in [5.74, 6) is -0.0194. The van der Waals surface area contributed by atoms with Crippen molar-refractivity contribution >= 4 is 28.4 Å². The van der Waals surface area contributed by atoms with Crippen molar-refractivity contribution in [1.82, 2.24) is 15.5 Å². The van der Waals surface area contributed by atoms with E-state index in [1.807, 2.05) is 31.2 Å². The molecule has 0 aliphatic heterocycles. The molecule has 0 aliphatic rings. The summed E-state index contributed by atoms with van der Waals surface area (Å²) >= 11 is 1.16. The molecule has 0 radical (unpaired) electrons. The molecule has 1 aromatic heterocycles. The van der Waals surface area contributed by atoms with Gasteiger partial charge in [-0.3, -0.25) is 4.79 Å². The Morgan fingerprint density at radius 1 is 1.07 bits per heavy atom. The summed E-state index contributed by atoms with van der Waals surface area (Å²) in [6, 6.07) is 19.8. The van der Waals surface area contributed by atoms with E-state index in [0.717, 1.165) is 28.1 Å². The zero-order valence-electron chi connectivity index (χ0n) is 15.6. The van der Waals surface area contributed by atoms with E-state index in [0.29, 0.717) is 5.56 Å². The molecule has 3 aromatic carbocycles. The molecule has 0 unspecified atom stereocenters. The van der Waals surface area contributed by atoms with Gasteiger partial charge in [0.05, 0.1) is 11.8 Å². The van der Waals surface area contributed by atoms with Gasteiger partial charge in [-0.2, -0.15) is 0 Å². The molecule has 1 heterocycles. The Morgan fingerprint density at radius 2 is 1.83 bits per heavy atom. The molecule has 0 spiro atoms. The second-order valence-corrected chi connectivity index (χ2v) is 7.45. The number of carbonyl (C=O) groups excluding carboxylic acids is 1. The molecule has 0 saturated carbocycles. The molecule has 7 heteroatoms. The van der Waals surface area contributed by atoms with Gasteiger partial charge in [-0.25, -0.2) is 4.39 Å². The molecule has 0 aliphatic carbocycles. The summed E-state index contributed by atoms with van der Waals surface area (Å²) in [7, 11) is 0. The number of amides is 1. The van der Waals surface area contributed by atoms with Gasteiger partial charge in [-0.1, -0.05) is 54.2 Å². The topological polar surface area (TPSA) is 68.0 Å². The Hall–Kier alpha value is -3.19. The fraction of sp³-hybridized carbons (Fsp3) is 0.136. The molecule has 5 nitrogen and oxygen atoms in total. The largest absolute Gasteiger partial charge is 0.411 e. The van der Waals surface area contributed by atoms with Crippen molar-refractivity contribution in [3.05, 3.63) is 78.1 Å². The molecule has 1 N–H and O–H groups in total. The van der Waals surface area contributed by atoms with Gasteiger partial charge in [0.2, 0.25) is 11.8 Å². The minimum Gasteiger partial charge on any atom is -0.411 e. The molecule has 1 amide bonds. The predicted octanol–water partition coefficient (Wildman–Crippen LogP) is 5.00. The maximum atomic E-state index is 13.0. The molecule has 29 heavy (non-hydrogen) atoms. The van der Waals surface area contributed by atoms with Crippen LogP contribution in [0.2, 0.25) is 0 Å². The van der Waals surface area contributed by atoms with Crippen molar-refractivity contribution in [2.45, 2.75) is 18.2 Å². The summed E-state index contributed by atoms with van der Waals surface area (Å²) in [6.07, 6.45) is 0. The first-order chi connectivity index (χ1) is 14.1. The standard InChI is InChI=1S/C22H18FN3O2S/c1-14(18-8-4-6-15-5-2-3-7-19(15)18)24-20(27)13-29-22-26-25-21(28-22)16-9-11-17(23)12-10-16/h2-12,14H,13H2,1H3,(H,24,27)/t14-/m1/s1. The van der Waals surface area contributed by atoms with Gasteiger partial charge >= 0.3 is 0 Å². The van der Waals surface area contributed by atoms with E-state index in [1.165, 1.54) is 12.1 Å². The molecule has 4 rings (SSSR count). The average Bonchev–Trinajstić information content (AvgIpc) is 3.21. The van der Waals surface area contributed by atoms with E-state index in [2.05, 4.69) is 33.7 Å². The van der Waals surface area contributed by atoms with Gasteiger partial charge < -0.3 is 9.73 Å². The Kier molecular flexibility index (Phi) is 5.57. The maximum Gasteiger partial charge on any atom is 0.277 e. The van der Waals surface area contributed by atoms with Crippen LogP contribution in [0.4, 0.5) is 4.39 Å². The number of nitrogens with zero attached hydrogens (tertiary/aromatic N) is 2. The first kappa shape index (κ1) is 19.1. The van der Waals surface area contributed by atoms with Gasteiger partial charge in [0, 0.05) is 5.56 Å². The summed E-state index contributed by atoms with van der Waals surface area (Å²) in [5, 5.41) is 13.4. The molecule has 146 valence electrons. The number of thioether (sulfide) groups is 1. The Bertz CT molecular complexity index is 1140. The lowest BCUT2D eigenvalue weighted by atomic mass is 10.00. The highest BCUT2D eigenvalue weighted by Crippen LogP contribution is 2.25. The first-order valence-electron chi connectivity index (χ1n) is 9.09. The quantitative estimate of drug-likeness (QED) is 0.456. The smallest absolute Gasteiger partial charge is 0.277 e. The van der Waals surface area contributed by atoms with Crippen LogP contribution < -0.4 is 5.32 Å². The van der Waals surface area contributed by atoms with Crippen LogP contribution >= 0.6 is 11.8 Å². The van der Waals surface area contributed by atoms with Crippen molar-refractivity contribution in [2.75, 3.05) is 5.75 Å². The first-order valence-corrected chi connectivity index (χ1v) is 10.1. The number of fused-ring (bicyclic) bond motifs is 1. The van der Waals surface area contributed by atoms with Crippen LogP contribution in [0.5, 0.6) is 0 Å². The fourth-order valence-corrected chi connectivity index (χ4v) is 3.67. The Balaban J connectivity index is 1.37. The van der Waals surface area contributed by atoms with Crippen LogP contribution in [0, 0.1) is 5.82 Å². The maximum absolute atomic E-state index is 13.0. The molecule has 4 aromatic rings. The van der Waals surface area contributed by atoms with Gasteiger partial charge in [0.1, 0.15) is 5.82 Å². The molecular weight excluding hydrogens is 389 g/mol. The van der Waals surface area contributed by atoms with E-state index in [1.54, 1.807) is 12.1 Å². The SMILES string of the molecule is C[C@@H](NC(=O)CSc1nnc(-c2ccc(F)cc2)o1)c1cccc2ccccc12. The molecule has 0 fully saturated rings. The van der Waals surface area contributed by atoms with Crippen LogP contribution in [0.15, 0.2) is 76.4 Å². The van der Waals surface area contributed by atoms with Gasteiger partial charge in [0.15, 0.2) is 0 Å². The summed E-state index contributed by atoms with van der Waals surface area (Å²) < 4.78 is 18.6. The third-order valence-electron chi connectivity index (χ3n) is 4.49. The lowest BCUT2D eigenvalue weighted by Crippen LogP contribution is -2.28. The number of hydrogen-bond donors (Lipinski definition) is 1. The van der Waals surface area contributed by atoms with Crippen molar-refractivity contribution in [2.24, 2.45) is 0 Å². The zero-order chi connectivity index (χ0) is 20.2. The number of nitrogens with one attached hydrogen (secondary N) is 1. The Labute approximate surface area is 171 Å². The van der Waals surface area contributed by atoms with Crippen molar-refractivity contribution in [3.63, 3.8) is 0 Å². The number of rotatable bonds is 6. The molecule has 0 saturated heterocycles. The highest BCUT2D eigenvalue weighted by Gasteiger charge is 2.15. The zero-order valence-corrected chi connectivity index (χ0v) is 16.4. The average molecular weight is 407 g/mol. The molecule has 1 atom stereocenters. The highest BCUT2D eigenvalue weighted by molar-refractivity contribution is 7.99. The monoisotopic (exact) mass is 407 g/mol. The predicted molar refractivity (Wildman–Crippen MR) is 111 cm³/mol. The second kappa shape index (κ2) is 8.45. The van der Waals surface area contributed by atoms with E-state index in [-0.39, 0.29) is 34.6 Å². The van der Waals surface area contributed by atoms with Crippen molar-refractivity contribution in [3.8, 4) is 11.5 Å². The Morgan fingerprint density at radius 3 is 2.66 bits per heavy atom. The van der Waals surface area contributed by atoms with Gasteiger partial charge in [-0.05, 0) is 47.5 Å². The number of halogens is 1. The van der Waals surface area contributed by atoms with Crippen LogP contribution in [-0.2, 0) is 4.79 Å². The minimum absolute atomic E-state index is 0.128. The van der Waals surface area contributed by atoms with E-state index < -0.39 is 0 Å². The van der Waals surface area contributed by atoms with Gasteiger partial charge in [0.25, 0.3) is 5.22 Å². The van der Waals surface area contributed by atoms with Crippen LogP contribution in [0.25, 0.3) is 22.2 Å². The van der Waals surface area contributed by atoms with Crippen LogP contribution in [0.1, 0.15) is 18.5 Å². The lowest BCUT2D eigenvalue weighted by molar-refractivity contribution is -0.119. The fourth-order valence-electron chi connectivity index (χ4n) is 3.09.